The van der Waals surface area contributed by atoms with E-state index in [-0.39, 0.29) is 41.0 Å². The molecular formula is C20H23N3O5. The van der Waals surface area contributed by atoms with Gasteiger partial charge in [0, 0.05) is 18.4 Å². The summed E-state index contributed by atoms with van der Waals surface area (Å²) in [6.07, 6.45) is 3.71. The number of para-hydroxylation sites is 2. The van der Waals surface area contributed by atoms with E-state index in [1.165, 1.54) is 30.5 Å². The topological polar surface area (TPSA) is 131 Å². The lowest BCUT2D eigenvalue weighted by atomic mass is 10.1. The number of hydrogen-bond acceptors (Lipinski definition) is 6. The van der Waals surface area contributed by atoms with Gasteiger partial charge in [0.05, 0.1) is 11.9 Å². The number of hydrazone groups is 1. The Bertz CT molecular complexity index is 851. The monoisotopic (exact) mass is 385 g/mol. The van der Waals surface area contributed by atoms with Crippen LogP contribution < -0.4 is 10.7 Å². The van der Waals surface area contributed by atoms with Crippen LogP contribution in [0, 0.1) is 0 Å². The molecule has 0 saturated carbocycles. The molecule has 0 aliphatic carbocycles. The summed E-state index contributed by atoms with van der Waals surface area (Å²) in [4.78, 5) is 23.5. The van der Waals surface area contributed by atoms with E-state index in [9.17, 15) is 24.9 Å². The lowest BCUT2D eigenvalue weighted by Crippen LogP contribution is -2.17. The first-order chi connectivity index (χ1) is 13.5. The number of rotatable bonds is 9. The highest BCUT2D eigenvalue weighted by Gasteiger charge is 2.06. The number of carbonyl (C=O) groups is 2. The fraction of sp³-hybridized carbons (Fsp3) is 0.250. The lowest BCUT2D eigenvalue weighted by molar-refractivity contribution is -0.121. The molecule has 2 rings (SSSR count). The minimum Gasteiger partial charge on any atom is -0.508 e. The third-order valence-electron chi connectivity index (χ3n) is 3.89. The van der Waals surface area contributed by atoms with Crippen LogP contribution in [0.1, 0.15) is 37.7 Å². The normalized spacial score (nSPS) is 10.7. The van der Waals surface area contributed by atoms with Crippen molar-refractivity contribution in [2.75, 3.05) is 5.32 Å². The molecule has 0 atom stereocenters. The Morgan fingerprint density at radius 1 is 0.893 bits per heavy atom. The molecule has 0 radical (unpaired) electrons. The van der Waals surface area contributed by atoms with Gasteiger partial charge in [-0.05, 0) is 43.2 Å². The van der Waals surface area contributed by atoms with Crippen LogP contribution in [0.5, 0.6) is 17.2 Å². The summed E-state index contributed by atoms with van der Waals surface area (Å²) in [6, 6.07) is 10.5. The molecule has 8 nitrogen and oxygen atoms in total. The third-order valence-corrected chi connectivity index (χ3v) is 3.89. The number of unbranched alkanes of at least 4 members (excludes halogenated alkanes) is 2. The van der Waals surface area contributed by atoms with Crippen molar-refractivity contribution < 1.29 is 24.9 Å². The summed E-state index contributed by atoms with van der Waals surface area (Å²) in [5, 5.41) is 34.9. The average molecular weight is 385 g/mol. The molecule has 28 heavy (non-hydrogen) atoms. The van der Waals surface area contributed by atoms with Crippen molar-refractivity contribution in [3.8, 4) is 17.2 Å². The van der Waals surface area contributed by atoms with E-state index in [1.54, 1.807) is 18.2 Å². The summed E-state index contributed by atoms with van der Waals surface area (Å²) in [7, 11) is 0. The van der Waals surface area contributed by atoms with Gasteiger partial charge in [0.15, 0.2) is 0 Å². The fourth-order valence-corrected chi connectivity index (χ4v) is 2.41. The molecule has 0 unspecified atom stereocenters. The smallest absolute Gasteiger partial charge is 0.240 e. The van der Waals surface area contributed by atoms with Crippen LogP contribution in [0.4, 0.5) is 5.69 Å². The van der Waals surface area contributed by atoms with Crippen molar-refractivity contribution in [1.29, 1.82) is 0 Å². The Kier molecular flexibility index (Phi) is 7.83. The molecule has 0 aliphatic rings. The molecule has 0 aromatic heterocycles. The summed E-state index contributed by atoms with van der Waals surface area (Å²) >= 11 is 0. The van der Waals surface area contributed by atoms with E-state index in [0.717, 1.165) is 0 Å². The zero-order valence-electron chi connectivity index (χ0n) is 15.3. The maximum absolute atomic E-state index is 11.8. The van der Waals surface area contributed by atoms with Gasteiger partial charge in [0.1, 0.15) is 17.2 Å². The number of anilines is 1. The highest BCUT2D eigenvalue weighted by atomic mass is 16.3. The van der Waals surface area contributed by atoms with E-state index >= 15 is 0 Å². The third kappa shape index (κ3) is 6.99. The molecule has 0 spiro atoms. The van der Waals surface area contributed by atoms with Crippen LogP contribution in [0.3, 0.4) is 0 Å². The Morgan fingerprint density at radius 3 is 2.36 bits per heavy atom. The van der Waals surface area contributed by atoms with Gasteiger partial charge in [-0.2, -0.15) is 5.10 Å². The largest absolute Gasteiger partial charge is 0.508 e. The minimum absolute atomic E-state index is 0.0166. The molecule has 0 heterocycles. The molecule has 5 N–H and O–H groups in total. The van der Waals surface area contributed by atoms with Crippen molar-refractivity contribution >= 4 is 23.7 Å². The first-order valence-electron chi connectivity index (χ1n) is 8.87. The Balaban J connectivity index is 1.61. The zero-order chi connectivity index (χ0) is 20.4. The predicted molar refractivity (Wildman–Crippen MR) is 105 cm³/mol. The van der Waals surface area contributed by atoms with Crippen LogP contribution in [0.15, 0.2) is 47.6 Å². The van der Waals surface area contributed by atoms with Crippen molar-refractivity contribution in [1.82, 2.24) is 5.43 Å². The molecule has 2 aromatic carbocycles. The quantitative estimate of drug-likeness (QED) is 0.149. The maximum Gasteiger partial charge on any atom is 0.240 e. The molecule has 0 saturated heterocycles. The number of aromatic hydroxyl groups is 3. The lowest BCUT2D eigenvalue weighted by Gasteiger charge is -2.06. The maximum atomic E-state index is 11.8. The Labute approximate surface area is 162 Å². The van der Waals surface area contributed by atoms with E-state index in [1.807, 2.05) is 0 Å². The number of nitrogens with one attached hydrogen (secondary N) is 2. The highest BCUT2D eigenvalue weighted by molar-refractivity contribution is 5.92. The van der Waals surface area contributed by atoms with Gasteiger partial charge in [0.25, 0.3) is 0 Å². The number of benzene rings is 2. The van der Waals surface area contributed by atoms with Crippen LogP contribution in [-0.4, -0.2) is 33.3 Å². The fourth-order valence-electron chi connectivity index (χ4n) is 2.41. The van der Waals surface area contributed by atoms with Crippen LogP contribution >= 0.6 is 0 Å². The predicted octanol–water partition coefficient (Wildman–Crippen LogP) is 2.84. The number of nitrogens with zero attached hydrogens (tertiary/aromatic N) is 1. The number of phenolic OH excluding ortho intramolecular Hbond substituents is 3. The van der Waals surface area contributed by atoms with Gasteiger partial charge in [-0.3, -0.25) is 9.59 Å². The molecule has 8 heteroatoms. The first kappa shape index (κ1) is 20.8. The summed E-state index contributed by atoms with van der Waals surface area (Å²) in [5.41, 5.74) is 3.01. The van der Waals surface area contributed by atoms with Gasteiger partial charge in [-0.25, -0.2) is 5.43 Å². The summed E-state index contributed by atoms with van der Waals surface area (Å²) in [6.45, 7) is 0. The second-order valence-corrected chi connectivity index (χ2v) is 6.16. The molecular weight excluding hydrogens is 362 g/mol. The van der Waals surface area contributed by atoms with Crippen LogP contribution in [0.25, 0.3) is 0 Å². The van der Waals surface area contributed by atoms with E-state index in [0.29, 0.717) is 31.4 Å². The highest BCUT2D eigenvalue weighted by Crippen LogP contribution is 2.22. The minimum atomic E-state index is -0.283. The van der Waals surface area contributed by atoms with Crippen molar-refractivity contribution in [2.45, 2.75) is 32.1 Å². The van der Waals surface area contributed by atoms with Gasteiger partial charge in [0.2, 0.25) is 11.8 Å². The van der Waals surface area contributed by atoms with Crippen LogP contribution in [-0.2, 0) is 9.59 Å². The number of amides is 2. The SMILES string of the molecule is O=C(CCCCCC(=O)Nc1ccccc1O)N/N=C\c1cc(O)ccc1O. The number of hydrogen-bond donors (Lipinski definition) is 5. The molecule has 0 aliphatic heterocycles. The molecule has 0 bridgehead atoms. The molecule has 2 aromatic rings. The average Bonchev–Trinajstić information content (AvgIpc) is 2.66. The van der Waals surface area contributed by atoms with E-state index < -0.39 is 0 Å². The van der Waals surface area contributed by atoms with Crippen molar-refractivity contribution in [3.05, 3.63) is 48.0 Å². The van der Waals surface area contributed by atoms with E-state index in [2.05, 4.69) is 15.8 Å². The summed E-state index contributed by atoms with van der Waals surface area (Å²) < 4.78 is 0. The zero-order valence-corrected chi connectivity index (χ0v) is 15.3. The van der Waals surface area contributed by atoms with Gasteiger partial charge in [-0.1, -0.05) is 18.6 Å². The molecule has 148 valence electrons. The van der Waals surface area contributed by atoms with Crippen molar-refractivity contribution in [2.24, 2.45) is 5.10 Å². The van der Waals surface area contributed by atoms with Crippen molar-refractivity contribution in [3.63, 3.8) is 0 Å². The number of carbonyl (C=O) groups excluding carboxylic acids is 2. The van der Waals surface area contributed by atoms with E-state index in [4.69, 9.17) is 0 Å². The number of phenols is 3. The summed E-state index contributed by atoms with van der Waals surface area (Å²) in [5.74, 6) is -0.530. The second kappa shape index (κ2) is 10.6. The molecule has 0 fully saturated rings. The second-order valence-electron chi connectivity index (χ2n) is 6.16. The Hall–Kier alpha value is -3.55. The van der Waals surface area contributed by atoms with Crippen LogP contribution in [0.2, 0.25) is 0 Å². The Morgan fingerprint density at radius 2 is 1.61 bits per heavy atom. The molecule has 2 amide bonds. The van der Waals surface area contributed by atoms with Gasteiger partial charge < -0.3 is 20.6 Å². The van der Waals surface area contributed by atoms with Gasteiger partial charge in [-0.15, -0.1) is 0 Å². The standard InChI is InChI=1S/C20H23N3O5/c24-15-10-11-17(25)14(12-15)13-21-23-20(28)9-3-1-2-8-19(27)22-16-6-4-5-7-18(16)26/h4-7,10-13,24-26H,1-3,8-9H2,(H,22,27)(H,23,28)/b21-13-. The first-order valence-corrected chi connectivity index (χ1v) is 8.87. The van der Waals surface area contributed by atoms with Gasteiger partial charge >= 0.3 is 0 Å².